The SMILES string of the molecule is COc1cc2nccc(Oc3ccc(N(C(=O)O)C4CCCN(C)C4)c(C)c3C)c2cc1OC. The number of likely N-dealkylation sites (N-methyl/N-ethyl adjacent to an activating group) is 1. The van der Waals surface area contributed by atoms with Crippen molar-refractivity contribution in [2.24, 2.45) is 0 Å². The first kappa shape index (κ1) is 23.6. The number of nitrogens with zero attached hydrogens (tertiary/aromatic N) is 3. The van der Waals surface area contributed by atoms with Crippen LogP contribution in [0.15, 0.2) is 36.5 Å². The van der Waals surface area contributed by atoms with E-state index >= 15 is 0 Å². The average molecular weight is 466 g/mol. The van der Waals surface area contributed by atoms with Crippen molar-refractivity contribution in [3.05, 3.63) is 47.7 Å². The highest BCUT2D eigenvalue weighted by Crippen LogP contribution is 2.39. The summed E-state index contributed by atoms with van der Waals surface area (Å²) in [6, 6.07) is 9.07. The predicted octanol–water partition coefficient (Wildman–Crippen LogP) is 5.24. The number of piperidine rings is 1. The van der Waals surface area contributed by atoms with Crippen LogP contribution in [-0.2, 0) is 0 Å². The van der Waals surface area contributed by atoms with Gasteiger partial charge in [0.05, 0.1) is 31.5 Å². The minimum Gasteiger partial charge on any atom is -0.493 e. The number of carboxylic acid groups (broad SMARTS) is 1. The monoisotopic (exact) mass is 465 g/mol. The van der Waals surface area contributed by atoms with Crippen molar-refractivity contribution in [2.45, 2.75) is 32.7 Å². The lowest BCUT2D eigenvalue weighted by Gasteiger charge is -2.37. The van der Waals surface area contributed by atoms with E-state index in [1.165, 1.54) is 4.90 Å². The molecule has 1 aliphatic rings. The number of rotatable bonds is 6. The molecule has 2 heterocycles. The van der Waals surface area contributed by atoms with E-state index in [4.69, 9.17) is 14.2 Å². The molecule has 34 heavy (non-hydrogen) atoms. The molecule has 180 valence electrons. The number of benzene rings is 2. The molecule has 0 radical (unpaired) electrons. The van der Waals surface area contributed by atoms with Crippen molar-refractivity contribution in [2.75, 3.05) is 39.3 Å². The number of hydrogen-bond donors (Lipinski definition) is 1. The molecular weight excluding hydrogens is 434 g/mol. The molecule has 2 aromatic carbocycles. The van der Waals surface area contributed by atoms with Crippen LogP contribution in [0.3, 0.4) is 0 Å². The van der Waals surface area contributed by atoms with Gasteiger partial charge in [0.15, 0.2) is 11.5 Å². The van der Waals surface area contributed by atoms with Gasteiger partial charge >= 0.3 is 6.09 Å². The van der Waals surface area contributed by atoms with E-state index in [9.17, 15) is 9.90 Å². The molecule has 1 fully saturated rings. The van der Waals surface area contributed by atoms with Crippen molar-refractivity contribution in [1.29, 1.82) is 0 Å². The molecule has 0 bridgehead atoms. The van der Waals surface area contributed by atoms with Crippen molar-refractivity contribution >= 4 is 22.7 Å². The van der Waals surface area contributed by atoms with Crippen LogP contribution in [0, 0.1) is 13.8 Å². The van der Waals surface area contributed by atoms with Crippen LogP contribution in [0.1, 0.15) is 24.0 Å². The summed E-state index contributed by atoms with van der Waals surface area (Å²) in [6.07, 6.45) is 2.58. The van der Waals surface area contributed by atoms with Crippen LogP contribution in [0.2, 0.25) is 0 Å². The number of hydrogen-bond acceptors (Lipinski definition) is 6. The average Bonchev–Trinajstić information content (AvgIpc) is 2.82. The Kier molecular flexibility index (Phi) is 6.79. The fourth-order valence-electron chi connectivity index (χ4n) is 4.61. The van der Waals surface area contributed by atoms with E-state index < -0.39 is 6.09 Å². The van der Waals surface area contributed by atoms with Crippen molar-refractivity contribution < 1.29 is 24.1 Å². The Balaban J connectivity index is 1.70. The van der Waals surface area contributed by atoms with Crippen LogP contribution >= 0.6 is 0 Å². The number of anilines is 1. The number of aromatic nitrogens is 1. The number of methoxy groups -OCH3 is 2. The summed E-state index contributed by atoms with van der Waals surface area (Å²) in [5, 5.41) is 10.8. The fourth-order valence-corrected chi connectivity index (χ4v) is 4.61. The van der Waals surface area contributed by atoms with Crippen LogP contribution in [-0.4, -0.2) is 61.5 Å². The summed E-state index contributed by atoms with van der Waals surface area (Å²) in [6.45, 7) is 5.61. The number of likely N-dealkylation sites (tertiary alicyclic amines) is 1. The van der Waals surface area contributed by atoms with Crippen LogP contribution in [0.5, 0.6) is 23.0 Å². The molecule has 3 aromatic rings. The zero-order valence-electron chi connectivity index (χ0n) is 20.3. The largest absolute Gasteiger partial charge is 0.493 e. The Morgan fingerprint density at radius 1 is 1.06 bits per heavy atom. The zero-order chi connectivity index (χ0) is 24.4. The van der Waals surface area contributed by atoms with E-state index in [1.54, 1.807) is 26.5 Å². The van der Waals surface area contributed by atoms with Gasteiger partial charge in [-0.05, 0) is 75.7 Å². The van der Waals surface area contributed by atoms with Crippen molar-refractivity contribution in [1.82, 2.24) is 9.88 Å². The minimum absolute atomic E-state index is 0.0762. The smallest absolute Gasteiger partial charge is 0.412 e. The predicted molar refractivity (Wildman–Crippen MR) is 132 cm³/mol. The summed E-state index contributed by atoms with van der Waals surface area (Å²) in [5.74, 6) is 2.48. The third kappa shape index (κ3) is 4.46. The van der Waals surface area contributed by atoms with Gasteiger partial charge in [0, 0.05) is 24.2 Å². The second kappa shape index (κ2) is 9.77. The molecule has 1 saturated heterocycles. The topological polar surface area (TPSA) is 84.4 Å². The van der Waals surface area contributed by atoms with E-state index in [0.717, 1.165) is 48.0 Å². The van der Waals surface area contributed by atoms with Gasteiger partial charge in [0.2, 0.25) is 0 Å². The lowest BCUT2D eigenvalue weighted by molar-refractivity contribution is 0.187. The third-order valence-corrected chi connectivity index (χ3v) is 6.57. The molecule has 0 aliphatic carbocycles. The van der Waals surface area contributed by atoms with E-state index in [0.29, 0.717) is 28.7 Å². The number of carbonyl (C=O) groups is 1. The first-order chi connectivity index (χ1) is 16.3. The van der Waals surface area contributed by atoms with Crippen molar-refractivity contribution in [3.63, 3.8) is 0 Å². The highest BCUT2D eigenvalue weighted by Gasteiger charge is 2.30. The van der Waals surface area contributed by atoms with Gasteiger partial charge in [-0.1, -0.05) is 0 Å². The normalized spacial score (nSPS) is 16.3. The fraction of sp³-hybridized carbons (Fsp3) is 0.385. The number of fused-ring (bicyclic) bond motifs is 1. The van der Waals surface area contributed by atoms with Crippen LogP contribution in [0.25, 0.3) is 10.9 Å². The maximum absolute atomic E-state index is 12.3. The highest BCUT2D eigenvalue weighted by atomic mass is 16.5. The van der Waals surface area contributed by atoms with Crippen LogP contribution in [0.4, 0.5) is 10.5 Å². The summed E-state index contributed by atoms with van der Waals surface area (Å²) in [7, 11) is 5.21. The minimum atomic E-state index is -0.933. The molecule has 8 heteroatoms. The molecule has 1 aromatic heterocycles. The molecule has 1 unspecified atom stereocenters. The van der Waals surface area contributed by atoms with Crippen LogP contribution < -0.4 is 19.1 Å². The number of ether oxygens (including phenoxy) is 3. The van der Waals surface area contributed by atoms with Gasteiger partial charge in [0.25, 0.3) is 0 Å². The zero-order valence-corrected chi connectivity index (χ0v) is 20.3. The standard InChI is InChI=1S/C26H31N3O5/c1-16-17(2)22(9-8-21(16)29(26(30)31)18-7-6-12-28(3)15-18)34-23-10-11-27-20-14-25(33-5)24(32-4)13-19(20)23/h8-11,13-14,18H,6-7,12,15H2,1-5H3,(H,30,31). The maximum Gasteiger partial charge on any atom is 0.412 e. The van der Waals surface area contributed by atoms with Gasteiger partial charge in [-0.25, -0.2) is 4.79 Å². The first-order valence-corrected chi connectivity index (χ1v) is 11.3. The molecule has 1 aliphatic heterocycles. The first-order valence-electron chi connectivity index (χ1n) is 11.3. The van der Waals surface area contributed by atoms with Crippen molar-refractivity contribution in [3.8, 4) is 23.0 Å². The van der Waals surface area contributed by atoms with Gasteiger partial charge in [-0.3, -0.25) is 9.88 Å². The Hall–Kier alpha value is -3.52. The summed E-state index contributed by atoms with van der Waals surface area (Å²) in [4.78, 5) is 20.4. The molecule has 1 N–H and O–H groups in total. The highest BCUT2D eigenvalue weighted by molar-refractivity contribution is 5.90. The van der Waals surface area contributed by atoms with Gasteiger partial charge < -0.3 is 24.2 Å². The molecule has 1 amide bonds. The summed E-state index contributed by atoms with van der Waals surface area (Å²) < 4.78 is 17.2. The maximum atomic E-state index is 12.3. The number of pyridine rings is 1. The van der Waals surface area contributed by atoms with E-state index in [2.05, 4.69) is 9.88 Å². The quantitative estimate of drug-likeness (QED) is 0.533. The van der Waals surface area contributed by atoms with E-state index in [-0.39, 0.29) is 6.04 Å². The second-order valence-corrected chi connectivity index (χ2v) is 8.68. The third-order valence-electron chi connectivity index (χ3n) is 6.57. The Bertz CT molecular complexity index is 1210. The summed E-state index contributed by atoms with van der Waals surface area (Å²) >= 11 is 0. The Morgan fingerprint density at radius 3 is 2.47 bits per heavy atom. The Morgan fingerprint density at radius 2 is 1.79 bits per heavy atom. The lowest BCUT2D eigenvalue weighted by Crippen LogP contribution is -2.49. The van der Waals surface area contributed by atoms with E-state index in [1.807, 2.05) is 45.2 Å². The lowest BCUT2D eigenvalue weighted by atomic mass is 10.0. The molecule has 0 saturated carbocycles. The molecule has 1 atom stereocenters. The number of amides is 1. The Labute approximate surface area is 199 Å². The second-order valence-electron chi connectivity index (χ2n) is 8.68. The van der Waals surface area contributed by atoms with Gasteiger partial charge in [-0.15, -0.1) is 0 Å². The molecular formula is C26H31N3O5. The van der Waals surface area contributed by atoms with Gasteiger partial charge in [0.1, 0.15) is 11.5 Å². The molecule has 8 nitrogen and oxygen atoms in total. The summed E-state index contributed by atoms with van der Waals surface area (Å²) in [5.41, 5.74) is 3.19. The molecule has 0 spiro atoms. The molecule has 4 rings (SSSR count). The van der Waals surface area contributed by atoms with Gasteiger partial charge in [-0.2, -0.15) is 0 Å².